The summed E-state index contributed by atoms with van der Waals surface area (Å²) in [5, 5.41) is 0. The Morgan fingerprint density at radius 3 is 2.55 bits per heavy atom. The standard InChI is InChI=1S/C9H17IO/c1-7(2)9(3)5-4-8(6-10)11-9/h7-8H,4-6H2,1-3H3. The number of hydrogen-bond donors (Lipinski definition) is 0. The molecule has 1 nitrogen and oxygen atoms in total. The van der Waals surface area contributed by atoms with Gasteiger partial charge in [-0.1, -0.05) is 36.4 Å². The lowest BCUT2D eigenvalue weighted by atomic mass is 9.90. The van der Waals surface area contributed by atoms with E-state index in [9.17, 15) is 0 Å². The van der Waals surface area contributed by atoms with Gasteiger partial charge in [0.25, 0.3) is 0 Å². The number of ether oxygens (including phenoxy) is 1. The fourth-order valence-electron chi connectivity index (χ4n) is 1.48. The Labute approximate surface area is 83.0 Å². The third-order valence-electron chi connectivity index (χ3n) is 2.79. The summed E-state index contributed by atoms with van der Waals surface area (Å²) < 4.78 is 7.09. The Bertz CT molecular complexity index is 136. The molecule has 0 aromatic carbocycles. The van der Waals surface area contributed by atoms with E-state index in [1.807, 2.05) is 0 Å². The lowest BCUT2D eigenvalue weighted by Gasteiger charge is -2.28. The highest BCUT2D eigenvalue weighted by Crippen LogP contribution is 2.36. The topological polar surface area (TPSA) is 9.23 Å². The van der Waals surface area contributed by atoms with Gasteiger partial charge in [0, 0.05) is 4.43 Å². The summed E-state index contributed by atoms with van der Waals surface area (Å²) in [6.07, 6.45) is 3.00. The van der Waals surface area contributed by atoms with Crippen molar-refractivity contribution in [3.63, 3.8) is 0 Å². The fourth-order valence-corrected chi connectivity index (χ4v) is 2.10. The lowest BCUT2D eigenvalue weighted by molar-refractivity contribution is -0.0488. The summed E-state index contributed by atoms with van der Waals surface area (Å²) in [4.78, 5) is 0. The zero-order valence-electron chi connectivity index (χ0n) is 7.56. The van der Waals surface area contributed by atoms with Gasteiger partial charge in [-0.15, -0.1) is 0 Å². The summed E-state index contributed by atoms with van der Waals surface area (Å²) >= 11 is 2.40. The van der Waals surface area contributed by atoms with Crippen LogP contribution in [-0.4, -0.2) is 16.1 Å². The Morgan fingerprint density at radius 2 is 2.27 bits per heavy atom. The molecular weight excluding hydrogens is 251 g/mol. The second-order valence-electron chi connectivity index (χ2n) is 3.90. The minimum atomic E-state index is 0.163. The molecular formula is C9H17IO. The van der Waals surface area contributed by atoms with Gasteiger partial charge >= 0.3 is 0 Å². The van der Waals surface area contributed by atoms with Crippen LogP contribution < -0.4 is 0 Å². The zero-order valence-corrected chi connectivity index (χ0v) is 9.72. The van der Waals surface area contributed by atoms with Crippen LogP contribution in [0.5, 0.6) is 0 Å². The van der Waals surface area contributed by atoms with E-state index in [1.165, 1.54) is 12.8 Å². The molecule has 1 fully saturated rings. The summed E-state index contributed by atoms with van der Waals surface area (Å²) in [6, 6.07) is 0. The van der Waals surface area contributed by atoms with Crippen LogP contribution >= 0.6 is 22.6 Å². The molecule has 0 bridgehead atoms. The summed E-state index contributed by atoms with van der Waals surface area (Å²) in [5.41, 5.74) is 0.163. The first kappa shape index (κ1) is 9.78. The van der Waals surface area contributed by atoms with Gasteiger partial charge in [-0.3, -0.25) is 0 Å². The summed E-state index contributed by atoms with van der Waals surface area (Å²) in [6.45, 7) is 6.73. The molecule has 0 aliphatic carbocycles. The maximum absolute atomic E-state index is 5.95. The minimum Gasteiger partial charge on any atom is -0.371 e. The Hall–Kier alpha value is 0.690. The van der Waals surface area contributed by atoms with Crippen LogP contribution in [0.4, 0.5) is 0 Å². The van der Waals surface area contributed by atoms with E-state index >= 15 is 0 Å². The first-order chi connectivity index (χ1) is 5.08. The van der Waals surface area contributed by atoms with E-state index in [0.29, 0.717) is 12.0 Å². The molecule has 1 rings (SSSR count). The van der Waals surface area contributed by atoms with Crippen molar-refractivity contribution in [2.45, 2.75) is 45.3 Å². The Morgan fingerprint density at radius 1 is 1.64 bits per heavy atom. The minimum absolute atomic E-state index is 0.163. The first-order valence-electron chi connectivity index (χ1n) is 4.32. The van der Waals surface area contributed by atoms with Crippen LogP contribution in [0.1, 0.15) is 33.6 Å². The fraction of sp³-hybridized carbons (Fsp3) is 1.00. The molecule has 11 heavy (non-hydrogen) atoms. The van der Waals surface area contributed by atoms with Gasteiger partial charge in [-0.05, 0) is 25.7 Å². The van der Waals surface area contributed by atoms with Gasteiger partial charge in [0.15, 0.2) is 0 Å². The van der Waals surface area contributed by atoms with Crippen LogP contribution in [0.15, 0.2) is 0 Å². The third kappa shape index (κ3) is 2.08. The molecule has 1 saturated heterocycles. The van der Waals surface area contributed by atoms with Crippen molar-refractivity contribution in [3.8, 4) is 0 Å². The maximum atomic E-state index is 5.95. The second kappa shape index (κ2) is 3.60. The van der Waals surface area contributed by atoms with Gasteiger partial charge in [0.2, 0.25) is 0 Å². The molecule has 1 heterocycles. The first-order valence-corrected chi connectivity index (χ1v) is 5.85. The highest BCUT2D eigenvalue weighted by molar-refractivity contribution is 14.1. The Balaban J connectivity index is 2.50. The van der Waals surface area contributed by atoms with Crippen molar-refractivity contribution in [3.05, 3.63) is 0 Å². The maximum Gasteiger partial charge on any atom is 0.0682 e. The number of hydrogen-bond acceptors (Lipinski definition) is 1. The van der Waals surface area contributed by atoms with Crippen LogP contribution in [0.3, 0.4) is 0 Å². The zero-order chi connectivity index (χ0) is 8.48. The summed E-state index contributed by atoms with van der Waals surface area (Å²) in [7, 11) is 0. The molecule has 1 aliphatic heterocycles. The molecule has 0 aromatic heterocycles. The summed E-state index contributed by atoms with van der Waals surface area (Å²) in [5.74, 6) is 0.649. The second-order valence-corrected chi connectivity index (χ2v) is 4.78. The van der Waals surface area contributed by atoms with Crippen molar-refractivity contribution in [2.75, 3.05) is 4.43 Å². The van der Waals surface area contributed by atoms with Gasteiger partial charge < -0.3 is 4.74 Å². The molecule has 0 saturated carbocycles. The van der Waals surface area contributed by atoms with Gasteiger partial charge in [-0.2, -0.15) is 0 Å². The average molecular weight is 268 g/mol. The van der Waals surface area contributed by atoms with E-state index in [4.69, 9.17) is 4.74 Å². The van der Waals surface area contributed by atoms with Crippen LogP contribution in [0, 0.1) is 5.92 Å². The molecule has 2 heteroatoms. The third-order valence-corrected chi connectivity index (χ3v) is 3.77. The van der Waals surface area contributed by atoms with Crippen LogP contribution in [0.2, 0.25) is 0 Å². The molecule has 0 aromatic rings. The van der Waals surface area contributed by atoms with E-state index in [-0.39, 0.29) is 5.60 Å². The van der Waals surface area contributed by atoms with Gasteiger partial charge in [0.1, 0.15) is 0 Å². The number of halogens is 1. The van der Waals surface area contributed by atoms with E-state index in [1.54, 1.807) is 0 Å². The van der Waals surface area contributed by atoms with Crippen molar-refractivity contribution >= 4 is 22.6 Å². The van der Waals surface area contributed by atoms with Crippen molar-refractivity contribution in [1.29, 1.82) is 0 Å². The quantitative estimate of drug-likeness (QED) is 0.552. The van der Waals surface area contributed by atoms with Crippen LogP contribution in [-0.2, 0) is 4.74 Å². The van der Waals surface area contributed by atoms with Crippen LogP contribution in [0.25, 0.3) is 0 Å². The Kier molecular flexibility index (Phi) is 3.20. The van der Waals surface area contributed by atoms with Crippen molar-refractivity contribution in [2.24, 2.45) is 5.92 Å². The van der Waals surface area contributed by atoms with E-state index in [2.05, 4.69) is 43.4 Å². The van der Waals surface area contributed by atoms with E-state index in [0.717, 1.165) is 4.43 Å². The average Bonchev–Trinajstić information content (AvgIpc) is 2.33. The normalized spacial score (nSPS) is 38.5. The monoisotopic (exact) mass is 268 g/mol. The predicted molar refractivity (Wildman–Crippen MR) is 56.2 cm³/mol. The van der Waals surface area contributed by atoms with E-state index < -0.39 is 0 Å². The molecule has 2 atom stereocenters. The predicted octanol–water partition coefficient (Wildman–Crippen LogP) is 3.02. The number of alkyl halides is 1. The molecule has 66 valence electrons. The van der Waals surface area contributed by atoms with Crippen molar-refractivity contribution < 1.29 is 4.74 Å². The highest BCUT2D eigenvalue weighted by Gasteiger charge is 2.37. The van der Waals surface area contributed by atoms with Gasteiger partial charge in [-0.25, -0.2) is 0 Å². The largest absolute Gasteiger partial charge is 0.371 e. The SMILES string of the molecule is CC(C)C1(C)CCC(CI)O1. The molecule has 0 amide bonds. The molecule has 2 unspecified atom stereocenters. The molecule has 0 radical (unpaired) electrons. The van der Waals surface area contributed by atoms with Crippen molar-refractivity contribution in [1.82, 2.24) is 0 Å². The lowest BCUT2D eigenvalue weighted by Crippen LogP contribution is -2.31. The molecule has 0 N–H and O–H groups in total. The highest BCUT2D eigenvalue weighted by atomic mass is 127. The number of rotatable bonds is 2. The molecule has 1 aliphatic rings. The molecule has 0 spiro atoms. The van der Waals surface area contributed by atoms with Gasteiger partial charge in [0.05, 0.1) is 11.7 Å². The smallest absolute Gasteiger partial charge is 0.0682 e.